The highest BCUT2D eigenvalue weighted by Gasteiger charge is 2.00. The second kappa shape index (κ2) is 6.74. The van der Waals surface area contributed by atoms with Gasteiger partial charge in [0.05, 0.1) is 0 Å². The molecule has 0 bridgehead atoms. The van der Waals surface area contributed by atoms with Crippen LogP contribution < -0.4 is 5.32 Å². The van der Waals surface area contributed by atoms with Gasteiger partial charge in [0.2, 0.25) is 5.91 Å². The summed E-state index contributed by atoms with van der Waals surface area (Å²) < 4.78 is 0. The lowest BCUT2D eigenvalue weighted by atomic mass is 10.0. The fourth-order valence-electron chi connectivity index (χ4n) is 2.07. The summed E-state index contributed by atoms with van der Waals surface area (Å²) in [4.78, 5) is 11.1. The van der Waals surface area contributed by atoms with Gasteiger partial charge in [-0.1, -0.05) is 54.6 Å². The summed E-state index contributed by atoms with van der Waals surface area (Å²) in [5.74, 6) is 0.112. The number of carbonyl (C=O) groups is 1. The molecule has 98 valence electrons. The van der Waals surface area contributed by atoms with Gasteiger partial charge < -0.3 is 5.32 Å². The highest BCUT2D eigenvalue weighted by atomic mass is 16.1. The molecule has 0 radical (unpaired) electrons. The number of hydrogen-bond acceptors (Lipinski definition) is 1. The lowest BCUT2D eigenvalue weighted by molar-refractivity contribution is -0.120. The average molecular weight is 253 g/mol. The minimum Gasteiger partial charge on any atom is -0.359 e. The molecule has 0 aliphatic heterocycles. The molecule has 2 nitrogen and oxygen atoms in total. The van der Waals surface area contributed by atoms with Gasteiger partial charge in [-0.2, -0.15) is 0 Å². The molecule has 2 aromatic carbocycles. The van der Waals surface area contributed by atoms with E-state index in [1.54, 1.807) is 7.05 Å². The monoisotopic (exact) mass is 253 g/mol. The fraction of sp³-hybridized carbons (Fsp3) is 0.235. The van der Waals surface area contributed by atoms with Gasteiger partial charge in [-0.3, -0.25) is 4.79 Å². The van der Waals surface area contributed by atoms with Crippen LogP contribution in [0.4, 0.5) is 0 Å². The molecule has 2 rings (SSSR count). The first kappa shape index (κ1) is 13.3. The largest absolute Gasteiger partial charge is 0.359 e. The van der Waals surface area contributed by atoms with Crippen LogP contribution >= 0.6 is 0 Å². The highest BCUT2D eigenvalue weighted by Crippen LogP contribution is 2.19. The third-order valence-corrected chi connectivity index (χ3v) is 3.21. The maximum Gasteiger partial charge on any atom is 0.219 e. The van der Waals surface area contributed by atoms with Crippen molar-refractivity contribution < 1.29 is 4.79 Å². The van der Waals surface area contributed by atoms with E-state index in [0.717, 1.165) is 12.8 Å². The van der Waals surface area contributed by atoms with Crippen molar-refractivity contribution in [3.8, 4) is 11.1 Å². The van der Waals surface area contributed by atoms with Gasteiger partial charge in [0.25, 0.3) is 0 Å². The van der Waals surface area contributed by atoms with E-state index in [1.807, 2.05) is 18.2 Å². The fourth-order valence-corrected chi connectivity index (χ4v) is 2.07. The van der Waals surface area contributed by atoms with Gasteiger partial charge in [-0.25, -0.2) is 0 Å². The second-order valence-corrected chi connectivity index (χ2v) is 4.59. The van der Waals surface area contributed by atoms with E-state index in [-0.39, 0.29) is 5.91 Å². The third kappa shape index (κ3) is 3.95. The van der Waals surface area contributed by atoms with Gasteiger partial charge >= 0.3 is 0 Å². The van der Waals surface area contributed by atoms with E-state index in [1.165, 1.54) is 16.7 Å². The lowest BCUT2D eigenvalue weighted by Gasteiger charge is -2.04. The highest BCUT2D eigenvalue weighted by molar-refractivity contribution is 5.75. The molecular weight excluding hydrogens is 234 g/mol. The van der Waals surface area contributed by atoms with Gasteiger partial charge in [0, 0.05) is 13.5 Å². The summed E-state index contributed by atoms with van der Waals surface area (Å²) in [5, 5.41) is 2.64. The Labute approximate surface area is 114 Å². The SMILES string of the molecule is CNC(=O)CCCc1ccc(-c2ccccc2)cc1. The molecular formula is C17H19NO. The summed E-state index contributed by atoms with van der Waals surface area (Å²) >= 11 is 0. The molecule has 19 heavy (non-hydrogen) atoms. The van der Waals surface area contributed by atoms with Crippen LogP contribution in [-0.4, -0.2) is 13.0 Å². The average Bonchev–Trinajstić information content (AvgIpc) is 2.48. The number of benzene rings is 2. The molecule has 2 aromatic rings. The van der Waals surface area contributed by atoms with Crippen LogP contribution in [0.3, 0.4) is 0 Å². The zero-order chi connectivity index (χ0) is 13.5. The molecule has 0 spiro atoms. The Morgan fingerprint density at radius 2 is 1.58 bits per heavy atom. The van der Waals surface area contributed by atoms with Gasteiger partial charge in [0.1, 0.15) is 0 Å². The van der Waals surface area contributed by atoms with Crippen molar-refractivity contribution in [1.82, 2.24) is 5.32 Å². The third-order valence-electron chi connectivity index (χ3n) is 3.21. The molecule has 0 aliphatic rings. The Morgan fingerprint density at radius 3 is 2.21 bits per heavy atom. The van der Waals surface area contributed by atoms with E-state index in [2.05, 4.69) is 41.7 Å². The molecule has 0 heterocycles. The van der Waals surface area contributed by atoms with Crippen molar-refractivity contribution in [2.45, 2.75) is 19.3 Å². The van der Waals surface area contributed by atoms with E-state index in [4.69, 9.17) is 0 Å². The molecule has 0 aliphatic carbocycles. The predicted octanol–water partition coefficient (Wildman–Crippen LogP) is 3.42. The minimum absolute atomic E-state index is 0.112. The van der Waals surface area contributed by atoms with Crippen LogP contribution in [-0.2, 0) is 11.2 Å². The Bertz CT molecular complexity index is 517. The van der Waals surface area contributed by atoms with Crippen molar-refractivity contribution in [2.75, 3.05) is 7.05 Å². The summed E-state index contributed by atoms with van der Waals surface area (Å²) in [6, 6.07) is 18.9. The summed E-state index contributed by atoms with van der Waals surface area (Å²) in [5.41, 5.74) is 3.75. The molecule has 0 saturated carbocycles. The summed E-state index contributed by atoms with van der Waals surface area (Å²) in [7, 11) is 1.68. The van der Waals surface area contributed by atoms with Crippen LogP contribution in [0, 0.1) is 0 Å². The van der Waals surface area contributed by atoms with Crippen molar-refractivity contribution >= 4 is 5.91 Å². The molecule has 1 amide bonds. The smallest absolute Gasteiger partial charge is 0.219 e. The zero-order valence-corrected chi connectivity index (χ0v) is 11.2. The van der Waals surface area contributed by atoms with Crippen molar-refractivity contribution in [3.05, 3.63) is 60.2 Å². The number of nitrogens with one attached hydrogen (secondary N) is 1. The van der Waals surface area contributed by atoms with E-state index in [9.17, 15) is 4.79 Å². The summed E-state index contributed by atoms with van der Waals surface area (Å²) in [6.07, 6.45) is 2.43. The van der Waals surface area contributed by atoms with Gasteiger partial charge in [0.15, 0.2) is 0 Å². The van der Waals surface area contributed by atoms with E-state index in [0.29, 0.717) is 6.42 Å². The van der Waals surface area contributed by atoms with Crippen molar-refractivity contribution in [1.29, 1.82) is 0 Å². The predicted molar refractivity (Wildman–Crippen MR) is 78.9 cm³/mol. The quantitative estimate of drug-likeness (QED) is 0.869. The maximum atomic E-state index is 11.1. The first-order valence-corrected chi connectivity index (χ1v) is 6.64. The van der Waals surface area contributed by atoms with Gasteiger partial charge in [-0.15, -0.1) is 0 Å². The Hall–Kier alpha value is -2.09. The number of rotatable bonds is 5. The zero-order valence-electron chi connectivity index (χ0n) is 11.2. The van der Waals surface area contributed by atoms with Crippen molar-refractivity contribution in [2.24, 2.45) is 0 Å². The number of hydrogen-bond donors (Lipinski definition) is 1. The van der Waals surface area contributed by atoms with Crippen LogP contribution in [0.25, 0.3) is 11.1 Å². The minimum atomic E-state index is 0.112. The van der Waals surface area contributed by atoms with E-state index >= 15 is 0 Å². The van der Waals surface area contributed by atoms with E-state index < -0.39 is 0 Å². The molecule has 0 atom stereocenters. The second-order valence-electron chi connectivity index (χ2n) is 4.59. The molecule has 1 N–H and O–H groups in total. The first-order valence-electron chi connectivity index (χ1n) is 6.64. The van der Waals surface area contributed by atoms with Crippen LogP contribution in [0.5, 0.6) is 0 Å². The number of aryl methyl sites for hydroxylation is 1. The van der Waals surface area contributed by atoms with Crippen LogP contribution in [0.1, 0.15) is 18.4 Å². The Morgan fingerprint density at radius 1 is 0.947 bits per heavy atom. The molecule has 0 aromatic heterocycles. The maximum absolute atomic E-state index is 11.1. The van der Waals surface area contributed by atoms with Crippen LogP contribution in [0.2, 0.25) is 0 Å². The Kier molecular flexibility index (Phi) is 4.73. The number of amides is 1. The molecule has 0 saturated heterocycles. The Balaban J connectivity index is 1.94. The summed E-state index contributed by atoms with van der Waals surface area (Å²) in [6.45, 7) is 0. The first-order chi connectivity index (χ1) is 9.29. The topological polar surface area (TPSA) is 29.1 Å². The van der Waals surface area contributed by atoms with Gasteiger partial charge in [-0.05, 0) is 29.5 Å². The molecule has 0 unspecified atom stereocenters. The lowest BCUT2D eigenvalue weighted by Crippen LogP contribution is -2.17. The molecule has 2 heteroatoms. The normalized spacial score (nSPS) is 10.2. The van der Waals surface area contributed by atoms with Crippen molar-refractivity contribution in [3.63, 3.8) is 0 Å². The standard InChI is InChI=1S/C17H19NO/c1-18-17(19)9-5-6-14-10-12-16(13-11-14)15-7-3-2-4-8-15/h2-4,7-8,10-13H,5-6,9H2,1H3,(H,18,19). The van der Waals surface area contributed by atoms with Crippen LogP contribution in [0.15, 0.2) is 54.6 Å². The molecule has 0 fully saturated rings. The number of carbonyl (C=O) groups excluding carboxylic acids is 1.